The van der Waals surface area contributed by atoms with E-state index in [0.717, 1.165) is 47.8 Å². The summed E-state index contributed by atoms with van der Waals surface area (Å²) in [7, 11) is -0.928. The molecule has 1 aromatic rings. The van der Waals surface area contributed by atoms with E-state index in [1.807, 2.05) is 12.1 Å². The van der Waals surface area contributed by atoms with Crippen LogP contribution in [0.15, 0.2) is 30.5 Å². The zero-order valence-electron chi connectivity index (χ0n) is 16.0. The van der Waals surface area contributed by atoms with Crippen LogP contribution in [0.4, 0.5) is 11.4 Å². The van der Waals surface area contributed by atoms with Crippen molar-refractivity contribution in [3.63, 3.8) is 0 Å². The van der Waals surface area contributed by atoms with Crippen molar-refractivity contribution in [2.75, 3.05) is 23.4 Å². The highest BCUT2D eigenvalue weighted by molar-refractivity contribution is 7.51. The van der Waals surface area contributed by atoms with Crippen LogP contribution in [-0.2, 0) is 0 Å². The molecule has 4 N–H and O–H groups in total. The highest BCUT2D eigenvalue weighted by atomic mass is 31.1. The standard InChI is InChI=1S/C20H35N2OP/c1-14(2)7-8-17(6)22-18-9-10-20(21)19(11-18)16(5)13-24(23)12-15(3)4/h9-11,14-16,22-23H,6-8,12-13,21H2,1-5H3. The van der Waals surface area contributed by atoms with Crippen molar-refractivity contribution in [1.82, 2.24) is 0 Å². The Labute approximate surface area is 149 Å². The van der Waals surface area contributed by atoms with E-state index in [1.54, 1.807) is 0 Å². The van der Waals surface area contributed by atoms with Gasteiger partial charge in [-0.15, -0.1) is 0 Å². The van der Waals surface area contributed by atoms with Crippen molar-refractivity contribution < 1.29 is 4.89 Å². The van der Waals surface area contributed by atoms with Gasteiger partial charge in [-0.05, 0) is 66.7 Å². The van der Waals surface area contributed by atoms with Gasteiger partial charge in [0.05, 0.1) is 0 Å². The fourth-order valence-electron chi connectivity index (χ4n) is 2.72. The minimum Gasteiger partial charge on any atom is -0.398 e. The summed E-state index contributed by atoms with van der Waals surface area (Å²) in [6.07, 6.45) is 3.80. The zero-order chi connectivity index (χ0) is 18.3. The second-order valence-electron chi connectivity index (χ2n) is 7.67. The van der Waals surface area contributed by atoms with Gasteiger partial charge in [-0.2, -0.15) is 0 Å². The minimum absolute atomic E-state index is 0.255. The molecule has 3 nitrogen and oxygen atoms in total. The first-order valence-corrected chi connectivity index (χ1v) is 10.6. The number of rotatable bonds is 10. The molecule has 0 saturated carbocycles. The van der Waals surface area contributed by atoms with E-state index < -0.39 is 8.15 Å². The summed E-state index contributed by atoms with van der Waals surface area (Å²) in [5.74, 6) is 1.46. The first-order valence-electron chi connectivity index (χ1n) is 8.97. The lowest BCUT2D eigenvalue weighted by atomic mass is 10.00. The molecule has 0 aliphatic heterocycles. The van der Waals surface area contributed by atoms with Gasteiger partial charge in [-0.3, -0.25) is 0 Å². The van der Waals surface area contributed by atoms with Gasteiger partial charge in [-0.25, -0.2) is 0 Å². The van der Waals surface area contributed by atoms with Gasteiger partial charge in [0, 0.05) is 25.2 Å². The summed E-state index contributed by atoms with van der Waals surface area (Å²) in [5.41, 5.74) is 10.2. The number of nitrogens with one attached hydrogen (secondary N) is 1. The second kappa shape index (κ2) is 10.1. The van der Waals surface area contributed by atoms with Gasteiger partial charge >= 0.3 is 0 Å². The normalized spacial score (nSPS) is 14.0. The molecule has 0 heterocycles. The number of benzene rings is 1. The van der Waals surface area contributed by atoms with E-state index in [0.29, 0.717) is 11.8 Å². The Morgan fingerprint density at radius 3 is 2.42 bits per heavy atom. The van der Waals surface area contributed by atoms with Gasteiger partial charge in [0.1, 0.15) is 0 Å². The Kier molecular flexibility index (Phi) is 8.80. The maximum atomic E-state index is 10.3. The number of anilines is 2. The van der Waals surface area contributed by atoms with Crippen molar-refractivity contribution in [2.45, 2.75) is 53.4 Å². The highest BCUT2D eigenvalue weighted by Gasteiger charge is 2.16. The number of nitrogen functional groups attached to an aromatic ring is 1. The van der Waals surface area contributed by atoms with Gasteiger partial charge in [0.15, 0.2) is 0 Å². The van der Waals surface area contributed by atoms with Crippen LogP contribution in [0.2, 0.25) is 0 Å². The van der Waals surface area contributed by atoms with E-state index in [2.05, 4.69) is 52.6 Å². The monoisotopic (exact) mass is 350 g/mol. The third-order valence-electron chi connectivity index (χ3n) is 4.02. The molecule has 0 spiro atoms. The summed E-state index contributed by atoms with van der Waals surface area (Å²) in [5, 5.41) is 3.40. The molecule has 0 fully saturated rings. The maximum Gasteiger partial charge on any atom is 0.0386 e. The van der Waals surface area contributed by atoms with Crippen molar-refractivity contribution in [2.24, 2.45) is 11.8 Å². The predicted octanol–water partition coefficient (Wildman–Crippen LogP) is 5.78. The molecule has 4 heteroatoms. The third kappa shape index (κ3) is 7.68. The van der Waals surface area contributed by atoms with Gasteiger partial charge in [0.2, 0.25) is 0 Å². The SMILES string of the molecule is C=C(CCC(C)C)Nc1ccc(N)c(C(C)CP(O)CC(C)C)c1. The predicted molar refractivity (Wildman–Crippen MR) is 110 cm³/mol. The number of nitrogens with two attached hydrogens (primary N) is 1. The van der Waals surface area contributed by atoms with E-state index in [-0.39, 0.29) is 5.92 Å². The van der Waals surface area contributed by atoms with Crippen LogP contribution < -0.4 is 11.1 Å². The molecule has 0 amide bonds. The number of hydrogen-bond donors (Lipinski definition) is 3. The Balaban J connectivity index is 2.73. The second-order valence-corrected chi connectivity index (χ2v) is 9.41. The van der Waals surface area contributed by atoms with Crippen LogP contribution in [0.25, 0.3) is 0 Å². The lowest BCUT2D eigenvalue weighted by molar-refractivity contribution is 0.586. The molecular formula is C20H35N2OP. The van der Waals surface area contributed by atoms with Crippen molar-refractivity contribution in [1.29, 1.82) is 0 Å². The van der Waals surface area contributed by atoms with Crippen molar-refractivity contribution in [3.05, 3.63) is 36.0 Å². The van der Waals surface area contributed by atoms with Gasteiger partial charge < -0.3 is 15.9 Å². The summed E-state index contributed by atoms with van der Waals surface area (Å²) in [6.45, 7) is 15.0. The molecule has 2 atom stereocenters. The maximum absolute atomic E-state index is 10.3. The molecule has 0 aromatic heterocycles. The van der Waals surface area contributed by atoms with Crippen LogP contribution in [0.3, 0.4) is 0 Å². The third-order valence-corrected chi connectivity index (χ3v) is 6.14. The average molecular weight is 350 g/mol. The Bertz CT molecular complexity index is 528. The fourth-order valence-corrected chi connectivity index (χ4v) is 4.54. The number of allylic oxidation sites excluding steroid dienone is 1. The lowest BCUT2D eigenvalue weighted by Crippen LogP contribution is -2.07. The van der Waals surface area contributed by atoms with Crippen molar-refractivity contribution in [3.8, 4) is 0 Å². The van der Waals surface area contributed by atoms with E-state index in [1.165, 1.54) is 0 Å². The van der Waals surface area contributed by atoms with Crippen LogP contribution in [0, 0.1) is 11.8 Å². The first kappa shape index (κ1) is 21.0. The Hall–Kier alpha value is -1.05. The molecule has 0 saturated heterocycles. The molecule has 0 aliphatic carbocycles. The van der Waals surface area contributed by atoms with Crippen LogP contribution >= 0.6 is 8.15 Å². The summed E-state index contributed by atoms with van der Waals surface area (Å²) >= 11 is 0. The summed E-state index contributed by atoms with van der Waals surface area (Å²) in [6, 6.07) is 6.06. The number of hydrogen-bond acceptors (Lipinski definition) is 3. The molecule has 136 valence electrons. The molecule has 2 unspecified atom stereocenters. The zero-order valence-corrected chi connectivity index (χ0v) is 16.9. The van der Waals surface area contributed by atoms with Gasteiger partial charge in [-0.1, -0.05) is 41.2 Å². The minimum atomic E-state index is -0.928. The summed E-state index contributed by atoms with van der Waals surface area (Å²) in [4.78, 5) is 10.3. The molecule has 0 radical (unpaired) electrons. The largest absolute Gasteiger partial charge is 0.398 e. The van der Waals surface area contributed by atoms with E-state index >= 15 is 0 Å². The van der Waals surface area contributed by atoms with Crippen LogP contribution in [0.1, 0.15) is 58.9 Å². The van der Waals surface area contributed by atoms with E-state index in [4.69, 9.17) is 5.73 Å². The Morgan fingerprint density at radius 2 is 1.83 bits per heavy atom. The highest BCUT2D eigenvalue weighted by Crippen LogP contribution is 2.39. The van der Waals surface area contributed by atoms with Crippen molar-refractivity contribution >= 4 is 19.5 Å². The summed E-state index contributed by atoms with van der Waals surface area (Å²) < 4.78 is 0. The van der Waals surface area contributed by atoms with Crippen LogP contribution in [0.5, 0.6) is 0 Å². The average Bonchev–Trinajstić information content (AvgIpc) is 2.46. The van der Waals surface area contributed by atoms with Crippen LogP contribution in [-0.4, -0.2) is 17.2 Å². The topological polar surface area (TPSA) is 58.3 Å². The van der Waals surface area contributed by atoms with Gasteiger partial charge in [0.25, 0.3) is 0 Å². The first-order chi connectivity index (χ1) is 11.2. The fraction of sp³-hybridized carbons (Fsp3) is 0.600. The molecule has 1 rings (SSSR count). The smallest absolute Gasteiger partial charge is 0.0386 e. The Morgan fingerprint density at radius 1 is 1.17 bits per heavy atom. The molecule has 0 aliphatic rings. The lowest BCUT2D eigenvalue weighted by Gasteiger charge is -2.21. The quantitative estimate of drug-likeness (QED) is 0.370. The molecule has 1 aromatic carbocycles. The molecule has 0 bridgehead atoms. The molecular weight excluding hydrogens is 315 g/mol. The van der Waals surface area contributed by atoms with E-state index in [9.17, 15) is 4.89 Å². The molecule has 24 heavy (non-hydrogen) atoms.